The minimum Gasteiger partial charge on any atom is -0.495 e. The lowest BCUT2D eigenvalue weighted by Crippen LogP contribution is -2.51. The van der Waals surface area contributed by atoms with E-state index in [9.17, 15) is 4.79 Å². The third kappa shape index (κ3) is 3.62. The van der Waals surface area contributed by atoms with Crippen molar-refractivity contribution >= 4 is 11.6 Å². The van der Waals surface area contributed by atoms with E-state index in [4.69, 9.17) is 4.74 Å². The quantitative estimate of drug-likeness (QED) is 0.923. The Hall–Kier alpha value is -1.71. The fourth-order valence-corrected chi connectivity index (χ4v) is 4.17. The molecule has 126 valence electrons. The van der Waals surface area contributed by atoms with Crippen LogP contribution in [0.2, 0.25) is 0 Å². The molecule has 1 saturated carbocycles. The van der Waals surface area contributed by atoms with Crippen molar-refractivity contribution < 1.29 is 9.53 Å². The third-order valence-electron chi connectivity index (χ3n) is 5.35. The Morgan fingerprint density at radius 2 is 2.04 bits per heavy atom. The smallest absolute Gasteiger partial charge is 0.242 e. The van der Waals surface area contributed by atoms with Crippen LogP contribution in [0.4, 0.5) is 5.69 Å². The zero-order valence-corrected chi connectivity index (χ0v) is 14.3. The molecule has 4 heteroatoms. The zero-order chi connectivity index (χ0) is 16.2. The van der Waals surface area contributed by atoms with Crippen LogP contribution in [0.5, 0.6) is 5.75 Å². The van der Waals surface area contributed by atoms with Crippen LogP contribution in [0, 0.1) is 12.8 Å². The molecule has 2 fully saturated rings. The maximum Gasteiger partial charge on any atom is 0.242 e. The van der Waals surface area contributed by atoms with Crippen LogP contribution in [-0.4, -0.2) is 37.0 Å². The molecule has 0 radical (unpaired) electrons. The topological polar surface area (TPSA) is 41.6 Å². The number of fused-ring (bicyclic) bond motifs is 1. The highest BCUT2D eigenvalue weighted by Gasteiger charge is 2.35. The van der Waals surface area contributed by atoms with Gasteiger partial charge in [0.2, 0.25) is 5.91 Å². The number of carbonyl (C=O) groups excluding carboxylic acids is 1. The number of methoxy groups -OCH3 is 1. The van der Waals surface area contributed by atoms with Gasteiger partial charge in [-0.1, -0.05) is 18.9 Å². The Morgan fingerprint density at radius 1 is 1.26 bits per heavy atom. The van der Waals surface area contributed by atoms with E-state index >= 15 is 0 Å². The largest absolute Gasteiger partial charge is 0.495 e. The first-order valence-corrected chi connectivity index (χ1v) is 8.87. The Kier molecular flexibility index (Phi) is 5.09. The molecule has 0 bridgehead atoms. The van der Waals surface area contributed by atoms with Gasteiger partial charge < -0.3 is 15.0 Å². The number of anilines is 1. The Balaban J connectivity index is 1.64. The van der Waals surface area contributed by atoms with E-state index in [1.54, 1.807) is 7.11 Å². The summed E-state index contributed by atoms with van der Waals surface area (Å²) < 4.78 is 5.38. The van der Waals surface area contributed by atoms with Crippen molar-refractivity contribution in [2.45, 2.75) is 51.5 Å². The molecule has 1 aliphatic heterocycles. The summed E-state index contributed by atoms with van der Waals surface area (Å²) in [4.78, 5) is 14.9. The number of nitrogens with zero attached hydrogens (tertiary/aromatic N) is 1. The summed E-state index contributed by atoms with van der Waals surface area (Å²) in [5.74, 6) is 1.75. The van der Waals surface area contributed by atoms with E-state index in [2.05, 4.69) is 10.2 Å². The molecule has 2 aliphatic rings. The molecule has 23 heavy (non-hydrogen) atoms. The summed E-state index contributed by atoms with van der Waals surface area (Å²) in [6.45, 7) is 3.32. The fraction of sp³-hybridized carbons (Fsp3) is 0.632. The number of nitrogens with one attached hydrogen (secondary N) is 1. The number of aryl methyl sites for hydroxylation is 1. The standard InChI is InChI=1S/C19H28N2O2/c1-14-9-10-18(23-2)16(12-14)20-13-19(22)21-11-5-7-15-6-3-4-8-17(15)21/h9-10,12,15,17,20H,3-8,11,13H2,1-2H3. The van der Waals surface area contributed by atoms with Crippen molar-refractivity contribution in [3.05, 3.63) is 23.8 Å². The van der Waals surface area contributed by atoms with Gasteiger partial charge in [-0.2, -0.15) is 0 Å². The molecule has 1 heterocycles. The fourth-order valence-electron chi connectivity index (χ4n) is 4.17. The summed E-state index contributed by atoms with van der Waals surface area (Å²) in [7, 11) is 1.66. The molecule has 1 aromatic carbocycles. The minimum absolute atomic E-state index is 0.227. The van der Waals surface area contributed by atoms with Crippen LogP contribution < -0.4 is 10.1 Å². The van der Waals surface area contributed by atoms with Gasteiger partial charge in [-0.25, -0.2) is 0 Å². The summed E-state index contributed by atoms with van der Waals surface area (Å²) in [6, 6.07) is 6.47. The minimum atomic E-state index is 0.227. The normalized spacial score (nSPS) is 24.0. The van der Waals surface area contributed by atoms with Crippen molar-refractivity contribution in [1.82, 2.24) is 4.90 Å². The number of carbonyl (C=O) groups is 1. The van der Waals surface area contributed by atoms with Crippen LogP contribution in [0.1, 0.15) is 44.1 Å². The molecule has 4 nitrogen and oxygen atoms in total. The first-order valence-electron chi connectivity index (χ1n) is 8.87. The molecule has 1 N–H and O–H groups in total. The second kappa shape index (κ2) is 7.24. The van der Waals surface area contributed by atoms with Crippen LogP contribution in [-0.2, 0) is 4.79 Å². The van der Waals surface area contributed by atoms with Gasteiger partial charge in [0.05, 0.1) is 19.3 Å². The van der Waals surface area contributed by atoms with Crippen LogP contribution in [0.15, 0.2) is 18.2 Å². The summed E-state index contributed by atoms with van der Waals surface area (Å²) in [5.41, 5.74) is 2.06. The van der Waals surface area contributed by atoms with Crippen molar-refractivity contribution in [2.24, 2.45) is 5.92 Å². The number of likely N-dealkylation sites (tertiary alicyclic amines) is 1. The molecule has 2 atom stereocenters. The molecule has 1 amide bonds. The highest BCUT2D eigenvalue weighted by Crippen LogP contribution is 2.35. The maximum absolute atomic E-state index is 12.7. The summed E-state index contributed by atoms with van der Waals surface area (Å²) in [6.07, 6.45) is 7.54. The molecule has 2 unspecified atom stereocenters. The number of benzene rings is 1. The van der Waals surface area contributed by atoms with Crippen LogP contribution in [0.3, 0.4) is 0 Å². The lowest BCUT2D eigenvalue weighted by molar-refractivity contribution is -0.135. The van der Waals surface area contributed by atoms with Gasteiger partial charge in [0.1, 0.15) is 5.75 Å². The van der Waals surface area contributed by atoms with E-state index in [0.29, 0.717) is 12.6 Å². The second-order valence-corrected chi connectivity index (χ2v) is 6.90. The molecule has 1 aromatic rings. The molecule has 0 spiro atoms. The van der Waals surface area contributed by atoms with Crippen LogP contribution in [0.25, 0.3) is 0 Å². The Bertz CT molecular complexity index is 556. The van der Waals surface area contributed by atoms with E-state index in [0.717, 1.165) is 35.9 Å². The summed E-state index contributed by atoms with van der Waals surface area (Å²) >= 11 is 0. The average molecular weight is 316 g/mol. The van der Waals surface area contributed by atoms with Gasteiger partial charge in [0.15, 0.2) is 0 Å². The summed E-state index contributed by atoms with van der Waals surface area (Å²) in [5, 5.41) is 3.28. The number of ether oxygens (including phenoxy) is 1. The number of hydrogen-bond acceptors (Lipinski definition) is 3. The lowest BCUT2D eigenvalue weighted by atomic mass is 9.78. The van der Waals surface area contributed by atoms with Gasteiger partial charge in [-0.3, -0.25) is 4.79 Å². The SMILES string of the molecule is COc1ccc(C)cc1NCC(=O)N1CCCC2CCCCC21. The van der Waals surface area contributed by atoms with Crippen molar-refractivity contribution in [2.75, 3.05) is 25.5 Å². The Morgan fingerprint density at radius 3 is 2.87 bits per heavy atom. The van der Waals surface area contributed by atoms with Gasteiger partial charge in [-0.15, -0.1) is 0 Å². The first-order chi connectivity index (χ1) is 11.2. The molecule has 0 aromatic heterocycles. The van der Waals surface area contributed by atoms with E-state index < -0.39 is 0 Å². The number of piperidine rings is 1. The van der Waals surface area contributed by atoms with E-state index in [1.807, 2.05) is 25.1 Å². The van der Waals surface area contributed by atoms with Crippen molar-refractivity contribution in [3.8, 4) is 5.75 Å². The molecular weight excluding hydrogens is 288 g/mol. The monoisotopic (exact) mass is 316 g/mol. The van der Waals surface area contributed by atoms with E-state index in [-0.39, 0.29) is 5.91 Å². The highest BCUT2D eigenvalue weighted by molar-refractivity contribution is 5.82. The maximum atomic E-state index is 12.7. The second-order valence-electron chi connectivity index (χ2n) is 6.90. The number of amides is 1. The lowest BCUT2D eigenvalue weighted by Gasteiger charge is -2.44. The zero-order valence-electron chi connectivity index (χ0n) is 14.3. The van der Waals surface area contributed by atoms with Gasteiger partial charge >= 0.3 is 0 Å². The van der Waals surface area contributed by atoms with Crippen molar-refractivity contribution in [1.29, 1.82) is 0 Å². The highest BCUT2D eigenvalue weighted by atomic mass is 16.5. The molecule has 1 aliphatic carbocycles. The molecular formula is C19H28N2O2. The molecule has 1 saturated heterocycles. The van der Waals surface area contributed by atoms with Gasteiger partial charge in [0.25, 0.3) is 0 Å². The number of hydrogen-bond donors (Lipinski definition) is 1. The first kappa shape index (κ1) is 16.2. The van der Waals surface area contributed by atoms with E-state index in [1.165, 1.54) is 32.1 Å². The van der Waals surface area contributed by atoms with Crippen molar-refractivity contribution in [3.63, 3.8) is 0 Å². The number of rotatable bonds is 4. The Labute approximate surface area is 139 Å². The van der Waals surface area contributed by atoms with Gasteiger partial charge in [-0.05, 0) is 56.2 Å². The third-order valence-corrected chi connectivity index (χ3v) is 5.35. The predicted octanol–water partition coefficient (Wildman–Crippen LogP) is 3.60. The molecule has 3 rings (SSSR count). The average Bonchev–Trinajstić information content (AvgIpc) is 2.59. The van der Waals surface area contributed by atoms with Gasteiger partial charge in [0, 0.05) is 12.6 Å². The van der Waals surface area contributed by atoms with Crippen LogP contribution >= 0.6 is 0 Å². The predicted molar refractivity (Wildman–Crippen MR) is 92.9 cm³/mol.